The van der Waals surface area contributed by atoms with Crippen LogP contribution in [-0.2, 0) is 6.42 Å². The van der Waals surface area contributed by atoms with Gasteiger partial charge < -0.3 is 14.6 Å². The summed E-state index contributed by atoms with van der Waals surface area (Å²) in [5.74, 6) is 1.08. The van der Waals surface area contributed by atoms with Crippen molar-refractivity contribution < 1.29 is 4.42 Å². The fourth-order valence-electron chi connectivity index (χ4n) is 2.51. The molecule has 3 rings (SSSR count). The number of furan rings is 1. The van der Waals surface area contributed by atoms with Gasteiger partial charge in [0.15, 0.2) is 0 Å². The summed E-state index contributed by atoms with van der Waals surface area (Å²) in [6.07, 6.45) is 0.971. The molecule has 90 valence electrons. The highest BCUT2D eigenvalue weighted by atomic mass is 16.3. The van der Waals surface area contributed by atoms with Gasteiger partial charge in [-0.05, 0) is 19.2 Å². The lowest BCUT2D eigenvalue weighted by molar-refractivity contribution is 0.233. The van der Waals surface area contributed by atoms with E-state index in [1.165, 1.54) is 5.39 Å². The predicted molar refractivity (Wildman–Crippen MR) is 69.2 cm³/mol. The number of fused-ring (bicyclic) bond motifs is 1. The SMILES string of the molecule is CN1CCNC(Cc2cc3ccccc3o2)C1. The first-order valence-corrected chi connectivity index (χ1v) is 6.20. The van der Waals surface area contributed by atoms with E-state index in [1.54, 1.807) is 0 Å². The third kappa shape index (κ3) is 2.35. The molecule has 1 N–H and O–H groups in total. The average Bonchev–Trinajstić information content (AvgIpc) is 2.71. The molecule has 2 heterocycles. The Morgan fingerprint density at radius 3 is 3.12 bits per heavy atom. The van der Waals surface area contributed by atoms with Crippen molar-refractivity contribution in [1.82, 2.24) is 10.2 Å². The van der Waals surface area contributed by atoms with Crippen molar-refractivity contribution in [3.63, 3.8) is 0 Å². The van der Waals surface area contributed by atoms with Gasteiger partial charge in [0.25, 0.3) is 0 Å². The summed E-state index contributed by atoms with van der Waals surface area (Å²) in [6, 6.07) is 10.9. The molecule has 0 saturated carbocycles. The lowest BCUT2D eigenvalue weighted by Gasteiger charge is -2.30. The van der Waals surface area contributed by atoms with Gasteiger partial charge in [-0.15, -0.1) is 0 Å². The predicted octanol–water partition coefficient (Wildman–Crippen LogP) is 1.88. The Hall–Kier alpha value is -1.32. The Balaban J connectivity index is 1.75. The number of benzene rings is 1. The molecule has 0 amide bonds. The van der Waals surface area contributed by atoms with Crippen LogP contribution >= 0.6 is 0 Å². The molecule has 2 aromatic rings. The third-order valence-corrected chi connectivity index (χ3v) is 3.38. The molecular weight excluding hydrogens is 212 g/mol. The molecule has 1 unspecified atom stereocenters. The second-order valence-corrected chi connectivity index (χ2v) is 4.87. The maximum atomic E-state index is 5.85. The van der Waals surface area contributed by atoms with Gasteiger partial charge in [0.05, 0.1) is 0 Å². The standard InChI is InChI=1S/C14H18N2O/c1-16-7-6-15-12(10-16)9-13-8-11-4-2-3-5-14(11)17-13/h2-5,8,12,15H,6-7,9-10H2,1H3. The Kier molecular flexibility index (Phi) is 2.87. The number of hydrogen-bond donors (Lipinski definition) is 1. The molecule has 1 fully saturated rings. The van der Waals surface area contributed by atoms with Crippen molar-refractivity contribution in [3.8, 4) is 0 Å². The van der Waals surface area contributed by atoms with Crippen molar-refractivity contribution in [1.29, 1.82) is 0 Å². The second-order valence-electron chi connectivity index (χ2n) is 4.87. The van der Waals surface area contributed by atoms with Gasteiger partial charge in [-0.3, -0.25) is 0 Å². The third-order valence-electron chi connectivity index (χ3n) is 3.38. The summed E-state index contributed by atoms with van der Waals surface area (Å²) >= 11 is 0. The maximum Gasteiger partial charge on any atom is 0.134 e. The smallest absolute Gasteiger partial charge is 0.134 e. The summed E-state index contributed by atoms with van der Waals surface area (Å²) in [5, 5.41) is 4.74. The highest BCUT2D eigenvalue weighted by Crippen LogP contribution is 2.20. The summed E-state index contributed by atoms with van der Waals surface area (Å²) in [4.78, 5) is 2.36. The molecule has 1 saturated heterocycles. The maximum absolute atomic E-state index is 5.85. The minimum atomic E-state index is 0.509. The van der Waals surface area contributed by atoms with Crippen LogP contribution in [0.4, 0.5) is 0 Å². The molecule has 0 aliphatic carbocycles. The Morgan fingerprint density at radius 1 is 1.41 bits per heavy atom. The topological polar surface area (TPSA) is 28.4 Å². The molecule has 0 radical (unpaired) electrons. The zero-order valence-electron chi connectivity index (χ0n) is 10.1. The van der Waals surface area contributed by atoms with Crippen LogP contribution in [0.3, 0.4) is 0 Å². The summed E-state index contributed by atoms with van der Waals surface area (Å²) in [6.45, 7) is 3.30. The van der Waals surface area contributed by atoms with E-state index in [9.17, 15) is 0 Å². The van der Waals surface area contributed by atoms with Gasteiger partial charge in [-0.25, -0.2) is 0 Å². The zero-order valence-corrected chi connectivity index (χ0v) is 10.1. The largest absolute Gasteiger partial charge is 0.461 e. The molecule has 17 heavy (non-hydrogen) atoms. The highest BCUT2D eigenvalue weighted by Gasteiger charge is 2.18. The van der Waals surface area contributed by atoms with Crippen molar-refractivity contribution in [2.45, 2.75) is 12.5 Å². The monoisotopic (exact) mass is 230 g/mol. The number of likely N-dealkylation sites (N-methyl/N-ethyl adjacent to an activating group) is 1. The quantitative estimate of drug-likeness (QED) is 0.854. The first-order valence-electron chi connectivity index (χ1n) is 6.20. The lowest BCUT2D eigenvalue weighted by Crippen LogP contribution is -2.49. The molecule has 0 spiro atoms. The van der Waals surface area contributed by atoms with Gasteiger partial charge in [0.2, 0.25) is 0 Å². The van der Waals surface area contributed by atoms with E-state index in [0.717, 1.165) is 37.4 Å². The van der Waals surface area contributed by atoms with Crippen LogP contribution in [-0.4, -0.2) is 37.6 Å². The van der Waals surface area contributed by atoms with E-state index in [0.29, 0.717) is 6.04 Å². The van der Waals surface area contributed by atoms with Crippen LogP contribution in [0.25, 0.3) is 11.0 Å². The van der Waals surface area contributed by atoms with Crippen LogP contribution in [0.5, 0.6) is 0 Å². The zero-order chi connectivity index (χ0) is 11.7. The number of nitrogens with one attached hydrogen (secondary N) is 1. The number of para-hydroxylation sites is 1. The Bertz CT molecular complexity index is 473. The Labute approximate surface area is 101 Å². The van der Waals surface area contributed by atoms with Gasteiger partial charge in [-0.1, -0.05) is 18.2 Å². The normalized spacial score (nSPS) is 22.1. The van der Waals surface area contributed by atoms with E-state index < -0.39 is 0 Å². The van der Waals surface area contributed by atoms with Gasteiger partial charge in [-0.2, -0.15) is 0 Å². The van der Waals surface area contributed by atoms with Gasteiger partial charge in [0, 0.05) is 37.5 Å². The number of piperazine rings is 1. The molecule has 3 nitrogen and oxygen atoms in total. The van der Waals surface area contributed by atoms with Crippen molar-refractivity contribution >= 4 is 11.0 Å². The fourth-order valence-corrected chi connectivity index (χ4v) is 2.51. The molecule has 0 bridgehead atoms. The van der Waals surface area contributed by atoms with Gasteiger partial charge in [0.1, 0.15) is 11.3 Å². The number of rotatable bonds is 2. The van der Waals surface area contributed by atoms with E-state index in [4.69, 9.17) is 4.42 Å². The first-order chi connectivity index (χ1) is 8.31. The van der Waals surface area contributed by atoms with E-state index in [1.807, 2.05) is 18.2 Å². The van der Waals surface area contributed by atoms with Gasteiger partial charge >= 0.3 is 0 Å². The highest BCUT2D eigenvalue weighted by molar-refractivity contribution is 5.77. The van der Waals surface area contributed by atoms with Crippen LogP contribution in [0.2, 0.25) is 0 Å². The molecule has 1 atom stereocenters. The summed E-state index contributed by atoms with van der Waals surface area (Å²) < 4.78 is 5.85. The minimum Gasteiger partial charge on any atom is -0.461 e. The van der Waals surface area contributed by atoms with Crippen molar-refractivity contribution in [2.24, 2.45) is 0 Å². The first kappa shape index (κ1) is 10.8. The molecule has 1 aromatic carbocycles. The second kappa shape index (κ2) is 4.51. The summed E-state index contributed by atoms with van der Waals surface area (Å²) in [5.41, 5.74) is 0.992. The number of nitrogens with zero attached hydrogens (tertiary/aromatic N) is 1. The van der Waals surface area contributed by atoms with Crippen LogP contribution in [0.15, 0.2) is 34.7 Å². The van der Waals surface area contributed by atoms with Crippen molar-refractivity contribution in [2.75, 3.05) is 26.7 Å². The van der Waals surface area contributed by atoms with Crippen LogP contribution < -0.4 is 5.32 Å². The minimum absolute atomic E-state index is 0.509. The van der Waals surface area contributed by atoms with Crippen LogP contribution in [0.1, 0.15) is 5.76 Å². The fraction of sp³-hybridized carbons (Fsp3) is 0.429. The Morgan fingerprint density at radius 2 is 2.29 bits per heavy atom. The molecule has 3 heteroatoms. The molecular formula is C14H18N2O. The lowest BCUT2D eigenvalue weighted by atomic mass is 10.1. The van der Waals surface area contributed by atoms with Crippen LogP contribution in [0, 0.1) is 0 Å². The molecule has 1 aliphatic heterocycles. The number of hydrogen-bond acceptors (Lipinski definition) is 3. The van der Waals surface area contributed by atoms with Crippen molar-refractivity contribution in [3.05, 3.63) is 36.1 Å². The molecule has 1 aromatic heterocycles. The average molecular weight is 230 g/mol. The van der Waals surface area contributed by atoms with E-state index in [-0.39, 0.29) is 0 Å². The van der Waals surface area contributed by atoms with E-state index >= 15 is 0 Å². The van der Waals surface area contributed by atoms with E-state index in [2.05, 4.69) is 29.4 Å². The summed E-state index contributed by atoms with van der Waals surface area (Å²) in [7, 11) is 2.17. The molecule has 1 aliphatic rings.